The van der Waals surface area contributed by atoms with Crippen LogP contribution in [0.15, 0.2) is 24.3 Å². The Kier molecular flexibility index (Phi) is 3.39. The minimum Gasteiger partial charge on any atom is -0.396 e. The van der Waals surface area contributed by atoms with Gasteiger partial charge in [-0.05, 0) is 36.8 Å². The van der Waals surface area contributed by atoms with Crippen LogP contribution >= 0.6 is 0 Å². The van der Waals surface area contributed by atoms with Gasteiger partial charge < -0.3 is 10.4 Å². The van der Waals surface area contributed by atoms with Gasteiger partial charge in [0.25, 0.3) is 0 Å². The van der Waals surface area contributed by atoms with Gasteiger partial charge in [-0.15, -0.1) is 0 Å². The fourth-order valence-corrected chi connectivity index (χ4v) is 2.31. The Morgan fingerprint density at radius 2 is 2.13 bits per heavy atom. The van der Waals surface area contributed by atoms with Gasteiger partial charge in [-0.3, -0.25) is 0 Å². The molecule has 2 rings (SSSR count). The van der Waals surface area contributed by atoms with Crippen molar-refractivity contribution in [3.05, 3.63) is 35.4 Å². The van der Waals surface area contributed by atoms with Gasteiger partial charge in [0.05, 0.1) is 0 Å². The summed E-state index contributed by atoms with van der Waals surface area (Å²) in [5.41, 5.74) is 2.77. The Morgan fingerprint density at radius 3 is 2.73 bits per heavy atom. The molecule has 0 spiro atoms. The molecule has 0 saturated carbocycles. The number of aliphatic hydroxyl groups excluding tert-OH is 1. The molecule has 1 aromatic rings. The molecule has 0 aliphatic carbocycles. The average molecular weight is 205 g/mol. The van der Waals surface area contributed by atoms with Gasteiger partial charge >= 0.3 is 0 Å². The van der Waals surface area contributed by atoms with Gasteiger partial charge in [0.15, 0.2) is 0 Å². The molecular weight excluding hydrogens is 186 g/mol. The summed E-state index contributed by atoms with van der Waals surface area (Å²) in [4.78, 5) is 0. The molecule has 15 heavy (non-hydrogen) atoms. The van der Waals surface area contributed by atoms with E-state index in [1.165, 1.54) is 11.1 Å². The molecule has 2 N–H and O–H groups in total. The van der Waals surface area contributed by atoms with Gasteiger partial charge in [0.2, 0.25) is 0 Å². The topological polar surface area (TPSA) is 32.3 Å². The first-order chi connectivity index (χ1) is 7.31. The van der Waals surface area contributed by atoms with Gasteiger partial charge in [-0.1, -0.05) is 24.3 Å². The van der Waals surface area contributed by atoms with E-state index in [1.807, 2.05) is 0 Å². The summed E-state index contributed by atoms with van der Waals surface area (Å²) in [6.45, 7) is 3.41. The lowest BCUT2D eigenvalue weighted by atomic mass is 9.90. The highest BCUT2D eigenvalue weighted by Gasteiger charge is 2.21. The van der Waals surface area contributed by atoms with Crippen LogP contribution in [-0.4, -0.2) is 18.3 Å². The lowest BCUT2D eigenvalue weighted by molar-refractivity contribution is 0.183. The molecule has 0 radical (unpaired) electrons. The van der Waals surface area contributed by atoms with Gasteiger partial charge in [-0.2, -0.15) is 0 Å². The van der Waals surface area contributed by atoms with E-state index in [0.717, 1.165) is 19.4 Å². The summed E-state index contributed by atoms with van der Waals surface area (Å²) in [5, 5.41) is 12.6. The molecule has 1 aromatic carbocycles. The molecule has 82 valence electrons. The van der Waals surface area contributed by atoms with E-state index in [2.05, 4.69) is 36.5 Å². The van der Waals surface area contributed by atoms with Crippen LogP contribution in [0.4, 0.5) is 0 Å². The Balaban J connectivity index is 2.04. The van der Waals surface area contributed by atoms with Crippen molar-refractivity contribution in [3.8, 4) is 0 Å². The average Bonchev–Trinajstić information content (AvgIpc) is 2.30. The number of aliphatic hydroxyl groups is 1. The van der Waals surface area contributed by atoms with Crippen LogP contribution in [0.25, 0.3) is 0 Å². The second-order valence-electron chi connectivity index (χ2n) is 4.44. The van der Waals surface area contributed by atoms with Crippen molar-refractivity contribution in [2.24, 2.45) is 5.92 Å². The Bertz CT molecular complexity index is 316. The Morgan fingerprint density at radius 1 is 1.33 bits per heavy atom. The molecule has 0 aromatic heterocycles. The minimum absolute atomic E-state index is 0.313. The van der Waals surface area contributed by atoms with Crippen LogP contribution in [0, 0.1) is 12.8 Å². The maximum Gasteiger partial charge on any atom is 0.0471 e. The summed E-state index contributed by atoms with van der Waals surface area (Å²) in [6.07, 6.45) is 2.26. The predicted molar refractivity (Wildman–Crippen MR) is 61.7 cm³/mol. The van der Waals surface area contributed by atoms with E-state index in [-0.39, 0.29) is 0 Å². The highest BCUT2D eigenvalue weighted by molar-refractivity contribution is 5.28. The molecular formula is C13H19NO. The third-order valence-corrected chi connectivity index (χ3v) is 3.34. The zero-order valence-electron chi connectivity index (χ0n) is 9.24. The summed E-state index contributed by atoms with van der Waals surface area (Å²) in [5.74, 6) is 0.449. The molecule has 1 heterocycles. The van der Waals surface area contributed by atoms with Crippen LogP contribution in [0.1, 0.15) is 30.0 Å². The molecule has 2 heteroatoms. The fraction of sp³-hybridized carbons (Fsp3) is 0.538. The van der Waals surface area contributed by atoms with E-state index in [1.54, 1.807) is 0 Å². The summed E-state index contributed by atoms with van der Waals surface area (Å²) >= 11 is 0. The molecule has 2 atom stereocenters. The highest BCUT2D eigenvalue weighted by Crippen LogP contribution is 2.27. The van der Waals surface area contributed by atoms with E-state index >= 15 is 0 Å². The van der Waals surface area contributed by atoms with E-state index in [4.69, 9.17) is 5.11 Å². The van der Waals surface area contributed by atoms with Crippen molar-refractivity contribution in [2.75, 3.05) is 13.2 Å². The second kappa shape index (κ2) is 4.77. The summed E-state index contributed by atoms with van der Waals surface area (Å²) in [7, 11) is 0. The van der Waals surface area contributed by atoms with Crippen LogP contribution in [-0.2, 0) is 0 Å². The number of aryl methyl sites for hydroxylation is 1. The van der Waals surface area contributed by atoms with Gasteiger partial charge in [0.1, 0.15) is 0 Å². The van der Waals surface area contributed by atoms with Crippen LogP contribution in [0.2, 0.25) is 0 Å². The van der Waals surface area contributed by atoms with E-state index < -0.39 is 0 Å². The number of benzene rings is 1. The van der Waals surface area contributed by atoms with Crippen molar-refractivity contribution < 1.29 is 5.11 Å². The number of hydrogen-bond donors (Lipinski definition) is 2. The van der Waals surface area contributed by atoms with E-state index in [9.17, 15) is 0 Å². The molecule has 1 aliphatic rings. The van der Waals surface area contributed by atoms with E-state index in [0.29, 0.717) is 18.6 Å². The lowest BCUT2D eigenvalue weighted by Crippen LogP contribution is -2.34. The second-order valence-corrected chi connectivity index (χ2v) is 4.44. The third kappa shape index (κ3) is 2.39. The van der Waals surface area contributed by atoms with Crippen molar-refractivity contribution in [2.45, 2.75) is 25.8 Å². The first-order valence-corrected chi connectivity index (χ1v) is 5.71. The number of rotatable bonds is 2. The SMILES string of the molecule is Cc1ccccc1C1CCC(CO)CN1. The third-order valence-electron chi connectivity index (χ3n) is 3.34. The molecule has 1 aliphatic heterocycles. The first-order valence-electron chi connectivity index (χ1n) is 5.71. The quantitative estimate of drug-likeness (QED) is 0.774. The zero-order chi connectivity index (χ0) is 10.7. The smallest absolute Gasteiger partial charge is 0.0471 e. The molecule has 0 amide bonds. The molecule has 1 saturated heterocycles. The monoisotopic (exact) mass is 205 g/mol. The molecule has 2 unspecified atom stereocenters. The highest BCUT2D eigenvalue weighted by atomic mass is 16.3. The minimum atomic E-state index is 0.313. The van der Waals surface area contributed by atoms with Crippen LogP contribution in [0.5, 0.6) is 0 Å². The lowest BCUT2D eigenvalue weighted by Gasteiger charge is -2.30. The predicted octanol–water partition coefficient (Wildman–Crippen LogP) is 2.03. The van der Waals surface area contributed by atoms with Crippen molar-refractivity contribution in [1.29, 1.82) is 0 Å². The van der Waals surface area contributed by atoms with Gasteiger partial charge in [0, 0.05) is 19.2 Å². The maximum absolute atomic E-state index is 9.06. The number of piperidine rings is 1. The number of nitrogens with one attached hydrogen (secondary N) is 1. The maximum atomic E-state index is 9.06. The molecule has 0 bridgehead atoms. The molecule has 2 nitrogen and oxygen atoms in total. The fourth-order valence-electron chi connectivity index (χ4n) is 2.31. The Labute approximate surface area is 91.3 Å². The van der Waals surface area contributed by atoms with Crippen LogP contribution < -0.4 is 5.32 Å². The zero-order valence-corrected chi connectivity index (χ0v) is 9.24. The molecule has 1 fully saturated rings. The Hall–Kier alpha value is -0.860. The standard InChI is InChI=1S/C13H19NO/c1-10-4-2-3-5-12(10)13-7-6-11(9-15)8-14-13/h2-5,11,13-15H,6-9H2,1H3. The van der Waals surface area contributed by atoms with Gasteiger partial charge in [-0.25, -0.2) is 0 Å². The largest absolute Gasteiger partial charge is 0.396 e. The normalized spacial score (nSPS) is 26.5. The number of hydrogen-bond acceptors (Lipinski definition) is 2. The van der Waals surface area contributed by atoms with Crippen molar-refractivity contribution >= 4 is 0 Å². The summed E-state index contributed by atoms with van der Waals surface area (Å²) < 4.78 is 0. The van der Waals surface area contributed by atoms with Crippen molar-refractivity contribution in [3.63, 3.8) is 0 Å². The summed E-state index contributed by atoms with van der Waals surface area (Å²) in [6, 6.07) is 9.02. The van der Waals surface area contributed by atoms with Crippen LogP contribution in [0.3, 0.4) is 0 Å². The first kappa shape index (κ1) is 10.7. The van der Waals surface area contributed by atoms with Crippen molar-refractivity contribution in [1.82, 2.24) is 5.32 Å².